The standard InChI is InChI=1S/C15H22N4O3S/c1-12(20)16-4-5-17-14(21)11-18-6-8-19(9-7-18)15(22)13-3-2-10-23-13/h2-3,10H,4-9,11H2,1H3,(H,16,20)(H,17,21). The zero-order valence-corrected chi connectivity index (χ0v) is 14.0. The minimum absolute atomic E-state index is 0.0617. The second-order valence-electron chi connectivity index (χ2n) is 5.38. The molecule has 0 spiro atoms. The lowest BCUT2D eigenvalue weighted by Gasteiger charge is -2.34. The minimum atomic E-state index is -0.106. The van der Waals surface area contributed by atoms with Gasteiger partial charge in [0.1, 0.15) is 0 Å². The van der Waals surface area contributed by atoms with E-state index in [1.807, 2.05) is 27.3 Å². The van der Waals surface area contributed by atoms with Crippen LogP contribution in [0.2, 0.25) is 0 Å². The van der Waals surface area contributed by atoms with Gasteiger partial charge in [0.15, 0.2) is 0 Å². The van der Waals surface area contributed by atoms with Crippen LogP contribution in [-0.4, -0.2) is 73.3 Å². The summed E-state index contributed by atoms with van der Waals surface area (Å²) in [6.45, 7) is 5.28. The number of hydrogen-bond donors (Lipinski definition) is 2. The van der Waals surface area contributed by atoms with Crippen LogP contribution >= 0.6 is 11.3 Å². The number of piperazine rings is 1. The molecule has 7 nitrogen and oxygen atoms in total. The molecule has 2 rings (SSSR count). The summed E-state index contributed by atoms with van der Waals surface area (Å²) in [5.74, 6) is -0.0985. The Morgan fingerprint density at radius 3 is 2.43 bits per heavy atom. The van der Waals surface area contributed by atoms with Crippen LogP contribution in [0.3, 0.4) is 0 Å². The van der Waals surface area contributed by atoms with Crippen molar-refractivity contribution in [3.05, 3.63) is 22.4 Å². The molecule has 0 saturated carbocycles. The summed E-state index contributed by atoms with van der Waals surface area (Å²) in [7, 11) is 0. The summed E-state index contributed by atoms with van der Waals surface area (Å²) < 4.78 is 0. The van der Waals surface area contributed by atoms with E-state index in [4.69, 9.17) is 0 Å². The highest BCUT2D eigenvalue weighted by atomic mass is 32.1. The molecule has 1 aliphatic rings. The molecule has 1 aliphatic heterocycles. The lowest BCUT2D eigenvalue weighted by atomic mass is 10.3. The number of carbonyl (C=O) groups excluding carboxylic acids is 3. The van der Waals surface area contributed by atoms with Crippen LogP contribution in [0.4, 0.5) is 0 Å². The van der Waals surface area contributed by atoms with E-state index in [0.717, 1.165) is 4.88 Å². The van der Waals surface area contributed by atoms with E-state index in [-0.39, 0.29) is 17.7 Å². The summed E-state index contributed by atoms with van der Waals surface area (Å²) in [5, 5.41) is 7.29. The van der Waals surface area contributed by atoms with Crippen molar-refractivity contribution >= 4 is 29.1 Å². The first-order valence-electron chi connectivity index (χ1n) is 7.62. The molecule has 0 aromatic carbocycles. The van der Waals surface area contributed by atoms with Crippen molar-refractivity contribution in [2.24, 2.45) is 0 Å². The van der Waals surface area contributed by atoms with Gasteiger partial charge in [0.05, 0.1) is 11.4 Å². The van der Waals surface area contributed by atoms with E-state index < -0.39 is 0 Å². The van der Waals surface area contributed by atoms with Gasteiger partial charge in [0.25, 0.3) is 5.91 Å². The number of hydrogen-bond acceptors (Lipinski definition) is 5. The van der Waals surface area contributed by atoms with E-state index in [2.05, 4.69) is 10.6 Å². The summed E-state index contributed by atoms with van der Waals surface area (Å²) >= 11 is 1.45. The van der Waals surface area contributed by atoms with Crippen LogP contribution in [0.15, 0.2) is 17.5 Å². The number of amides is 3. The lowest BCUT2D eigenvalue weighted by Crippen LogP contribution is -2.51. The Kier molecular flexibility index (Phi) is 6.54. The van der Waals surface area contributed by atoms with E-state index in [0.29, 0.717) is 45.8 Å². The molecular formula is C15H22N4O3S. The van der Waals surface area contributed by atoms with Crippen molar-refractivity contribution in [3.63, 3.8) is 0 Å². The summed E-state index contributed by atoms with van der Waals surface area (Å²) in [4.78, 5) is 39.4. The molecule has 1 fully saturated rings. The van der Waals surface area contributed by atoms with Crippen molar-refractivity contribution in [1.82, 2.24) is 20.4 Å². The van der Waals surface area contributed by atoms with Gasteiger partial charge >= 0.3 is 0 Å². The van der Waals surface area contributed by atoms with E-state index in [1.165, 1.54) is 18.3 Å². The number of nitrogens with zero attached hydrogens (tertiary/aromatic N) is 2. The van der Waals surface area contributed by atoms with E-state index >= 15 is 0 Å². The highest BCUT2D eigenvalue weighted by Crippen LogP contribution is 2.13. The van der Waals surface area contributed by atoms with E-state index in [1.54, 1.807) is 0 Å². The second-order valence-corrected chi connectivity index (χ2v) is 6.33. The molecule has 0 aliphatic carbocycles. The highest BCUT2D eigenvalue weighted by Gasteiger charge is 2.23. The first-order valence-corrected chi connectivity index (χ1v) is 8.50. The molecule has 1 aromatic rings. The molecule has 0 unspecified atom stereocenters. The number of carbonyl (C=O) groups is 3. The van der Waals surface area contributed by atoms with Crippen LogP contribution in [0.1, 0.15) is 16.6 Å². The molecule has 0 bridgehead atoms. The number of nitrogens with one attached hydrogen (secondary N) is 2. The smallest absolute Gasteiger partial charge is 0.264 e. The third-order valence-corrected chi connectivity index (χ3v) is 4.44. The average molecular weight is 338 g/mol. The summed E-state index contributed by atoms with van der Waals surface area (Å²) in [6, 6.07) is 3.71. The maximum atomic E-state index is 12.2. The predicted octanol–water partition coefficient (Wildman–Crippen LogP) is -0.242. The number of rotatable bonds is 6. The Balaban J connectivity index is 1.65. The molecule has 0 atom stereocenters. The maximum absolute atomic E-state index is 12.2. The fraction of sp³-hybridized carbons (Fsp3) is 0.533. The quantitative estimate of drug-likeness (QED) is 0.702. The van der Waals surface area contributed by atoms with Crippen molar-refractivity contribution in [3.8, 4) is 0 Å². The molecule has 23 heavy (non-hydrogen) atoms. The SMILES string of the molecule is CC(=O)NCCNC(=O)CN1CCN(C(=O)c2cccs2)CC1. The summed E-state index contributed by atoms with van der Waals surface area (Å²) in [5.41, 5.74) is 0. The van der Waals surface area contributed by atoms with Gasteiger partial charge in [-0.2, -0.15) is 0 Å². The topological polar surface area (TPSA) is 81.8 Å². The van der Waals surface area contributed by atoms with Crippen LogP contribution in [0.25, 0.3) is 0 Å². The van der Waals surface area contributed by atoms with Gasteiger partial charge in [0.2, 0.25) is 11.8 Å². The van der Waals surface area contributed by atoms with Crippen LogP contribution in [-0.2, 0) is 9.59 Å². The zero-order chi connectivity index (χ0) is 16.7. The van der Waals surface area contributed by atoms with Gasteiger partial charge in [-0.25, -0.2) is 0 Å². The number of thiophene rings is 1. The fourth-order valence-electron chi connectivity index (χ4n) is 2.36. The van der Waals surface area contributed by atoms with Gasteiger partial charge in [-0.1, -0.05) is 6.07 Å². The Bertz CT molecular complexity index is 539. The first kappa shape index (κ1) is 17.4. The highest BCUT2D eigenvalue weighted by molar-refractivity contribution is 7.12. The second kappa shape index (κ2) is 8.64. The van der Waals surface area contributed by atoms with Gasteiger partial charge in [0, 0.05) is 46.2 Å². The van der Waals surface area contributed by atoms with Crippen LogP contribution in [0, 0.1) is 0 Å². The molecule has 1 aromatic heterocycles. The van der Waals surface area contributed by atoms with Gasteiger partial charge in [-0.15, -0.1) is 11.3 Å². The molecule has 0 radical (unpaired) electrons. The van der Waals surface area contributed by atoms with Gasteiger partial charge < -0.3 is 15.5 Å². The molecule has 126 valence electrons. The monoisotopic (exact) mass is 338 g/mol. The fourth-order valence-corrected chi connectivity index (χ4v) is 3.06. The molecule has 2 N–H and O–H groups in total. The van der Waals surface area contributed by atoms with Crippen molar-refractivity contribution < 1.29 is 14.4 Å². The van der Waals surface area contributed by atoms with Gasteiger partial charge in [-0.05, 0) is 11.4 Å². The normalized spacial score (nSPS) is 15.3. The molecular weight excluding hydrogens is 316 g/mol. The Morgan fingerprint density at radius 1 is 1.13 bits per heavy atom. The zero-order valence-electron chi connectivity index (χ0n) is 13.2. The van der Waals surface area contributed by atoms with Crippen molar-refractivity contribution in [1.29, 1.82) is 0 Å². The first-order chi connectivity index (χ1) is 11.1. The predicted molar refractivity (Wildman–Crippen MR) is 88.4 cm³/mol. The van der Waals surface area contributed by atoms with Gasteiger partial charge in [-0.3, -0.25) is 19.3 Å². The Morgan fingerprint density at radius 2 is 1.83 bits per heavy atom. The van der Waals surface area contributed by atoms with Crippen LogP contribution in [0.5, 0.6) is 0 Å². The average Bonchev–Trinajstić information content (AvgIpc) is 3.06. The Labute approximate surface area is 139 Å². The third kappa shape index (κ3) is 5.65. The Hall–Kier alpha value is -1.93. The largest absolute Gasteiger partial charge is 0.355 e. The lowest BCUT2D eigenvalue weighted by molar-refractivity contribution is -0.123. The third-order valence-electron chi connectivity index (χ3n) is 3.58. The van der Waals surface area contributed by atoms with Crippen molar-refractivity contribution in [2.75, 3.05) is 45.8 Å². The summed E-state index contributed by atoms with van der Waals surface area (Å²) in [6.07, 6.45) is 0. The molecule has 8 heteroatoms. The van der Waals surface area contributed by atoms with Crippen molar-refractivity contribution in [2.45, 2.75) is 6.92 Å². The maximum Gasteiger partial charge on any atom is 0.264 e. The van der Waals surface area contributed by atoms with E-state index in [9.17, 15) is 14.4 Å². The minimum Gasteiger partial charge on any atom is -0.355 e. The molecule has 1 saturated heterocycles. The molecule has 3 amide bonds. The molecule has 2 heterocycles. The van der Waals surface area contributed by atoms with Crippen LogP contribution < -0.4 is 10.6 Å².